The summed E-state index contributed by atoms with van der Waals surface area (Å²) in [5, 5.41) is 3.43. The van der Waals surface area contributed by atoms with Gasteiger partial charge in [0.05, 0.1) is 12.0 Å². The molecular formula is C13H19NO3S. The number of benzene rings is 1. The summed E-state index contributed by atoms with van der Waals surface area (Å²) in [5.74, 6) is 0.659. The predicted molar refractivity (Wildman–Crippen MR) is 70.8 cm³/mol. The van der Waals surface area contributed by atoms with E-state index in [4.69, 9.17) is 4.74 Å². The van der Waals surface area contributed by atoms with Gasteiger partial charge in [-0.1, -0.05) is 6.07 Å². The van der Waals surface area contributed by atoms with Gasteiger partial charge in [0.1, 0.15) is 5.75 Å². The normalized spacial score (nSPS) is 20.0. The molecule has 0 aliphatic carbocycles. The van der Waals surface area contributed by atoms with E-state index in [1.807, 2.05) is 6.07 Å². The minimum absolute atomic E-state index is 0.308. The zero-order valence-corrected chi connectivity index (χ0v) is 11.6. The first-order valence-corrected chi connectivity index (χ1v) is 8.00. The van der Waals surface area contributed by atoms with Crippen molar-refractivity contribution in [1.29, 1.82) is 0 Å². The average Bonchev–Trinajstić information content (AvgIpc) is 2.81. The summed E-state index contributed by atoms with van der Waals surface area (Å²) in [4.78, 5) is 0.308. The lowest BCUT2D eigenvalue weighted by Crippen LogP contribution is -2.23. The molecule has 0 radical (unpaired) electrons. The molecule has 0 amide bonds. The highest BCUT2D eigenvalue weighted by Crippen LogP contribution is 2.25. The molecule has 1 aliphatic rings. The predicted octanol–water partition coefficient (Wildman–Crippen LogP) is 1.39. The lowest BCUT2D eigenvalue weighted by Gasteiger charge is -2.14. The first-order valence-electron chi connectivity index (χ1n) is 6.11. The van der Waals surface area contributed by atoms with Crippen LogP contribution in [0, 0.1) is 0 Å². The van der Waals surface area contributed by atoms with Gasteiger partial charge in [0.25, 0.3) is 0 Å². The quantitative estimate of drug-likeness (QED) is 0.897. The molecule has 18 heavy (non-hydrogen) atoms. The molecule has 1 N–H and O–H groups in total. The zero-order chi connectivity index (χ0) is 13.2. The van der Waals surface area contributed by atoms with E-state index >= 15 is 0 Å². The Morgan fingerprint density at radius 1 is 1.44 bits per heavy atom. The Morgan fingerprint density at radius 2 is 2.22 bits per heavy atom. The van der Waals surface area contributed by atoms with Gasteiger partial charge in [-0.15, -0.1) is 0 Å². The number of hydrogen-bond acceptors (Lipinski definition) is 4. The highest BCUT2D eigenvalue weighted by molar-refractivity contribution is 7.90. The number of methoxy groups -OCH3 is 1. The Morgan fingerprint density at radius 3 is 2.78 bits per heavy atom. The molecule has 1 fully saturated rings. The minimum Gasteiger partial charge on any atom is -0.496 e. The molecule has 4 nitrogen and oxygen atoms in total. The summed E-state index contributed by atoms with van der Waals surface area (Å²) in [6.07, 6.45) is 4.46. The highest BCUT2D eigenvalue weighted by Gasteiger charge is 2.18. The van der Waals surface area contributed by atoms with Crippen LogP contribution in [0.15, 0.2) is 23.1 Å². The van der Waals surface area contributed by atoms with E-state index in [0.717, 1.165) is 24.9 Å². The Hall–Kier alpha value is -1.07. The molecule has 2 rings (SSSR count). The second-order valence-electron chi connectivity index (χ2n) is 4.74. The van der Waals surface area contributed by atoms with Crippen LogP contribution in [0.4, 0.5) is 0 Å². The second kappa shape index (κ2) is 5.28. The molecule has 5 heteroatoms. The van der Waals surface area contributed by atoms with Crippen LogP contribution >= 0.6 is 0 Å². The molecule has 1 aromatic rings. The lowest BCUT2D eigenvalue weighted by atomic mass is 10.0. The van der Waals surface area contributed by atoms with Gasteiger partial charge in [0.2, 0.25) is 0 Å². The van der Waals surface area contributed by atoms with E-state index in [2.05, 4.69) is 5.32 Å². The van der Waals surface area contributed by atoms with Gasteiger partial charge in [-0.2, -0.15) is 0 Å². The smallest absolute Gasteiger partial charge is 0.175 e. The van der Waals surface area contributed by atoms with Crippen molar-refractivity contribution in [3.63, 3.8) is 0 Å². The van der Waals surface area contributed by atoms with Crippen molar-refractivity contribution in [2.45, 2.75) is 30.2 Å². The van der Waals surface area contributed by atoms with Crippen LogP contribution < -0.4 is 10.1 Å². The maximum atomic E-state index is 11.5. The zero-order valence-electron chi connectivity index (χ0n) is 10.8. The van der Waals surface area contributed by atoms with E-state index in [1.54, 1.807) is 19.2 Å². The van der Waals surface area contributed by atoms with Crippen molar-refractivity contribution in [3.8, 4) is 5.75 Å². The number of hydrogen-bond donors (Lipinski definition) is 1. The number of sulfone groups is 1. The first kappa shape index (κ1) is 13.4. The van der Waals surface area contributed by atoms with Crippen LogP contribution in [0.5, 0.6) is 5.75 Å². The van der Waals surface area contributed by atoms with Gasteiger partial charge in [-0.3, -0.25) is 0 Å². The molecule has 1 atom stereocenters. The topological polar surface area (TPSA) is 55.4 Å². The summed E-state index contributed by atoms with van der Waals surface area (Å²) in [6, 6.07) is 5.60. The molecule has 1 aromatic carbocycles. The molecule has 0 saturated carbocycles. The van der Waals surface area contributed by atoms with Crippen molar-refractivity contribution in [2.75, 3.05) is 19.9 Å². The molecule has 1 saturated heterocycles. The number of nitrogens with one attached hydrogen (secondary N) is 1. The summed E-state index contributed by atoms with van der Waals surface area (Å²) < 4.78 is 28.3. The molecule has 1 unspecified atom stereocenters. The van der Waals surface area contributed by atoms with Crippen LogP contribution in [0.1, 0.15) is 18.4 Å². The first-order chi connectivity index (χ1) is 8.50. The Labute approximate surface area is 108 Å². The summed E-state index contributed by atoms with van der Waals surface area (Å²) >= 11 is 0. The summed E-state index contributed by atoms with van der Waals surface area (Å²) in [5.41, 5.74) is 1.06. The molecule has 1 heterocycles. The largest absolute Gasteiger partial charge is 0.496 e. The molecule has 0 bridgehead atoms. The SMILES string of the molecule is COc1cc(S(C)(=O)=O)ccc1CC1CCCN1. The highest BCUT2D eigenvalue weighted by atomic mass is 32.2. The number of rotatable bonds is 4. The summed E-state index contributed by atoms with van der Waals surface area (Å²) in [7, 11) is -1.60. The lowest BCUT2D eigenvalue weighted by molar-refractivity contribution is 0.405. The average molecular weight is 269 g/mol. The van der Waals surface area contributed by atoms with Crippen molar-refractivity contribution in [1.82, 2.24) is 5.32 Å². The molecule has 100 valence electrons. The van der Waals surface area contributed by atoms with Crippen molar-refractivity contribution in [3.05, 3.63) is 23.8 Å². The van der Waals surface area contributed by atoms with Crippen LogP contribution in [0.25, 0.3) is 0 Å². The Bertz CT molecular complexity index is 519. The maximum Gasteiger partial charge on any atom is 0.175 e. The van der Waals surface area contributed by atoms with E-state index < -0.39 is 9.84 Å². The molecular weight excluding hydrogens is 250 g/mol. The van der Waals surface area contributed by atoms with Gasteiger partial charge >= 0.3 is 0 Å². The van der Waals surface area contributed by atoms with E-state index in [9.17, 15) is 8.42 Å². The monoisotopic (exact) mass is 269 g/mol. The standard InChI is InChI=1S/C13H19NO3S/c1-17-13-9-12(18(2,15)16)6-5-10(13)8-11-4-3-7-14-11/h5-6,9,11,14H,3-4,7-8H2,1-2H3. The Kier molecular flexibility index (Phi) is 3.92. The third-order valence-electron chi connectivity index (χ3n) is 3.32. The number of ether oxygens (including phenoxy) is 1. The Balaban J connectivity index is 2.25. The molecule has 1 aliphatic heterocycles. The van der Waals surface area contributed by atoms with Crippen molar-refractivity contribution in [2.24, 2.45) is 0 Å². The van der Waals surface area contributed by atoms with Gasteiger partial charge in [0, 0.05) is 12.3 Å². The molecule has 0 aromatic heterocycles. The fraction of sp³-hybridized carbons (Fsp3) is 0.538. The van der Waals surface area contributed by atoms with E-state index in [0.29, 0.717) is 16.7 Å². The van der Waals surface area contributed by atoms with Gasteiger partial charge in [0.15, 0.2) is 9.84 Å². The minimum atomic E-state index is -3.18. The fourth-order valence-corrected chi connectivity index (χ4v) is 2.96. The van der Waals surface area contributed by atoms with Crippen molar-refractivity contribution >= 4 is 9.84 Å². The van der Waals surface area contributed by atoms with Crippen molar-refractivity contribution < 1.29 is 13.2 Å². The van der Waals surface area contributed by atoms with E-state index in [1.165, 1.54) is 12.7 Å². The third kappa shape index (κ3) is 3.03. The van der Waals surface area contributed by atoms with Crippen LogP contribution in [-0.2, 0) is 16.3 Å². The van der Waals surface area contributed by atoms with Gasteiger partial charge in [-0.25, -0.2) is 8.42 Å². The van der Waals surface area contributed by atoms with Gasteiger partial charge in [-0.05, 0) is 43.5 Å². The molecule has 0 spiro atoms. The third-order valence-corrected chi connectivity index (χ3v) is 4.43. The van der Waals surface area contributed by atoms with Crippen LogP contribution in [0.3, 0.4) is 0 Å². The van der Waals surface area contributed by atoms with E-state index in [-0.39, 0.29) is 0 Å². The summed E-state index contributed by atoms with van der Waals surface area (Å²) in [6.45, 7) is 1.06. The van der Waals surface area contributed by atoms with Gasteiger partial charge < -0.3 is 10.1 Å². The fourth-order valence-electron chi connectivity index (χ4n) is 2.32. The second-order valence-corrected chi connectivity index (χ2v) is 6.76. The van der Waals surface area contributed by atoms with Crippen LogP contribution in [-0.4, -0.2) is 34.4 Å². The maximum absolute atomic E-state index is 11.5. The van der Waals surface area contributed by atoms with Crippen LogP contribution in [0.2, 0.25) is 0 Å².